The Morgan fingerprint density at radius 1 is 0.926 bits per heavy atom. The number of anilines is 1. The predicted octanol–water partition coefficient (Wildman–Crippen LogP) is 5.70. The van der Waals surface area contributed by atoms with Crippen LogP contribution in [0.2, 0.25) is 0 Å². The summed E-state index contributed by atoms with van der Waals surface area (Å²) in [4.78, 5) is 19.9. The number of hydrogen-bond acceptors (Lipinski definition) is 2. The van der Waals surface area contributed by atoms with Crippen LogP contribution in [0.3, 0.4) is 0 Å². The third kappa shape index (κ3) is 3.41. The van der Waals surface area contributed by atoms with E-state index in [0.717, 1.165) is 28.2 Å². The van der Waals surface area contributed by atoms with Gasteiger partial charge in [0.05, 0.1) is 23.1 Å². The number of carbonyl (C=O) groups is 1. The zero-order chi connectivity index (χ0) is 18.6. The van der Waals surface area contributed by atoms with E-state index in [2.05, 4.69) is 24.3 Å². The third-order valence-corrected chi connectivity index (χ3v) is 4.96. The zero-order valence-corrected chi connectivity index (χ0v) is 15.4. The monoisotopic (exact) mass is 354 g/mol. The molecule has 1 aliphatic heterocycles. The van der Waals surface area contributed by atoms with Crippen LogP contribution in [0, 0.1) is 0 Å². The minimum Gasteiger partial charge on any atom is -0.302 e. The molecule has 27 heavy (non-hydrogen) atoms. The maximum atomic E-state index is 13.0. The maximum absolute atomic E-state index is 13.0. The lowest BCUT2D eigenvalue weighted by Crippen LogP contribution is -2.35. The van der Waals surface area contributed by atoms with Crippen LogP contribution in [0.25, 0.3) is 0 Å². The molecule has 0 aromatic heterocycles. The first-order valence-corrected chi connectivity index (χ1v) is 9.37. The van der Waals surface area contributed by atoms with Crippen LogP contribution < -0.4 is 4.90 Å². The van der Waals surface area contributed by atoms with Crippen molar-refractivity contribution in [2.75, 3.05) is 4.90 Å². The van der Waals surface area contributed by atoms with Crippen LogP contribution in [0.1, 0.15) is 36.9 Å². The molecule has 4 rings (SSSR count). The summed E-state index contributed by atoms with van der Waals surface area (Å²) in [6.45, 7) is 1.91. The number of para-hydroxylation sites is 2. The molecular weight excluding hydrogens is 332 g/mol. The van der Waals surface area contributed by atoms with E-state index in [1.165, 1.54) is 0 Å². The van der Waals surface area contributed by atoms with E-state index in [0.29, 0.717) is 12.8 Å². The fourth-order valence-corrected chi connectivity index (χ4v) is 3.63. The smallest absolute Gasteiger partial charge is 0.227 e. The van der Waals surface area contributed by atoms with Gasteiger partial charge in [-0.1, -0.05) is 79.7 Å². The summed E-state index contributed by atoms with van der Waals surface area (Å²) in [5.41, 5.74) is 4.95. The van der Waals surface area contributed by atoms with Gasteiger partial charge in [-0.3, -0.25) is 9.79 Å². The molecule has 0 N–H and O–H groups in total. The molecule has 1 aliphatic rings. The Balaban J connectivity index is 1.91. The molecule has 0 bridgehead atoms. The number of benzene rings is 3. The average Bonchev–Trinajstić information content (AvgIpc) is 2.91. The summed E-state index contributed by atoms with van der Waals surface area (Å²) in [6.07, 6.45) is 1.13. The van der Waals surface area contributed by atoms with Crippen molar-refractivity contribution in [1.82, 2.24) is 0 Å². The van der Waals surface area contributed by atoms with Gasteiger partial charge in [-0.15, -0.1) is 0 Å². The number of amides is 1. The largest absolute Gasteiger partial charge is 0.302 e. The highest BCUT2D eigenvalue weighted by molar-refractivity contribution is 6.07. The quantitative estimate of drug-likeness (QED) is 0.594. The maximum Gasteiger partial charge on any atom is 0.227 e. The fraction of sp³-hybridized carbons (Fsp3) is 0.167. The van der Waals surface area contributed by atoms with Gasteiger partial charge in [0.2, 0.25) is 5.91 Å². The molecule has 0 saturated heterocycles. The molecule has 0 saturated carbocycles. The normalized spacial score (nSPS) is 16.3. The lowest BCUT2D eigenvalue weighted by atomic mass is 9.95. The summed E-state index contributed by atoms with van der Waals surface area (Å²) in [5.74, 6) is 0.112. The van der Waals surface area contributed by atoms with Crippen molar-refractivity contribution in [1.29, 1.82) is 0 Å². The van der Waals surface area contributed by atoms with Crippen molar-refractivity contribution < 1.29 is 4.79 Å². The summed E-state index contributed by atoms with van der Waals surface area (Å²) in [7, 11) is 0. The van der Waals surface area contributed by atoms with Crippen LogP contribution in [0.5, 0.6) is 0 Å². The molecule has 3 aromatic rings. The van der Waals surface area contributed by atoms with E-state index in [1.54, 1.807) is 0 Å². The Kier molecular flexibility index (Phi) is 4.84. The molecule has 0 unspecified atom stereocenters. The minimum atomic E-state index is -0.0822. The van der Waals surface area contributed by atoms with Crippen LogP contribution in [-0.4, -0.2) is 11.6 Å². The van der Waals surface area contributed by atoms with E-state index >= 15 is 0 Å². The lowest BCUT2D eigenvalue weighted by molar-refractivity contribution is -0.118. The van der Waals surface area contributed by atoms with Gasteiger partial charge in [-0.05, 0) is 23.3 Å². The number of aliphatic imine (C=N–C) groups is 1. The fourth-order valence-electron chi connectivity index (χ4n) is 3.63. The zero-order valence-electron chi connectivity index (χ0n) is 15.4. The second-order valence-corrected chi connectivity index (χ2v) is 6.66. The van der Waals surface area contributed by atoms with Gasteiger partial charge in [0.1, 0.15) is 0 Å². The molecule has 134 valence electrons. The molecule has 3 aromatic carbocycles. The average molecular weight is 354 g/mol. The molecular formula is C24H22N2O. The standard InChI is InChI=1S/C24H22N2O/c1-2-24(27)26-22-16-10-9-15-20(22)25-21(18-11-5-3-6-12-18)17-23(26)19-13-7-4-8-14-19/h3-16,23H,2,17H2,1H3/t23-/m0/s1. The van der Waals surface area contributed by atoms with Crippen molar-refractivity contribution in [2.24, 2.45) is 4.99 Å². The predicted molar refractivity (Wildman–Crippen MR) is 111 cm³/mol. The number of hydrogen-bond donors (Lipinski definition) is 0. The highest BCUT2D eigenvalue weighted by Gasteiger charge is 2.31. The Bertz CT molecular complexity index is 964. The molecule has 0 fully saturated rings. The Hall–Kier alpha value is -3.20. The first-order chi connectivity index (χ1) is 13.3. The molecule has 3 heteroatoms. The van der Waals surface area contributed by atoms with E-state index in [-0.39, 0.29) is 11.9 Å². The molecule has 0 radical (unpaired) electrons. The minimum absolute atomic E-state index is 0.0822. The van der Waals surface area contributed by atoms with Crippen molar-refractivity contribution in [2.45, 2.75) is 25.8 Å². The Morgan fingerprint density at radius 2 is 1.56 bits per heavy atom. The van der Waals surface area contributed by atoms with Crippen LogP contribution >= 0.6 is 0 Å². The molecule has 1 heterocycles. The highest BCUT2D eigenvalue weighted by atomic mass is 16.2. The first-order valence-electron chi connectivity index (χ1n) is 9.37. The number of fused-ring (bicyclic) bond motifs is 1. The second-order valence-electron chi connectivity index (χ2n) is 6.66. The molecule has 1 atom stereocenters. The Morgan fingerprint density at radius 3 is 2.26 bits per heavy atom. The SMILES string of the molecule is CCC(=O)N1c2ccccc2N=C(c2ccccc2)C[C@H]1c1ccccc1. The molecule has 0 aliphatic carbocycles. The second kappa shape index (κ2) is 7.58. The Labute approximate surface area is 160 Å². The van der Waals surface area contributed by atoms with Gasteiger partial charge < -0.3 is 4.90 Å². The summed E-state index contributed by atoms with van der Waals surface area (Å²) in [5, 5.41) is 0. The van der Waals surface area contributed by atoms with Gasteiger partial charge in [-0.25, -0.2) is 0 Å². The molecule has 3 nitrogen and oxygen atoms in total. The lowest BCUT2D eigenvalue weighted by Gasteiger charge is -2.31. The number of rotatable bonds is 3. The van der Waals surface area contributed by atoms with Gasteiger partial charge >= 0.3 is 0 Å². The van der Waals surface area contributed by atoms with Crippen LogP contribution in [-0.2, 0) is 4.79 Å². The van der Waals surface area contributed by atoms with E-state index in [1.807, 2.05) is 72.5 Å². The van der Waals surface area contributed by atoms with Crippen LogP contribution in [0.4, 0.5) is 11.4 Å². The topological polar surface area (TPSA) is 32.7 Å². The molecule has 0 spiro atoms. The van der Waals surface area contributed by atoms with E-state index < -0.39 is 0 Å². The summed E-state index contributed by atoms with van der Waals surface area (Å²) < 4.78 is 0. The first kappa shape index (κ1) is 17.2. The summed E-state index contributed by atoms with van der Waals surface area (Å²) >= 11 is 0. The van der Waals surface area contributed by atoms with E-state index in [9.17, 15) is 4.79 Å². The van der Waals surface area contributed by atoms with Gasteiger partial charge in [0, 0.05) is 12.8 Å². The van der Waals surface area contributed by atoms with Crippen molar-refractivity contribution >= 4 is 23.0 Å². The van der Waals surface area contributed by atoms with Gasteiger partial charge in [0.25, 0.3) is 0 Å². The van der Waals surface area contributed by atoms with Gasteiger partial charge in [-0.2, -0.15) is 0 Å². The number of nitrogens with zero attached hydrogens (tertiary/aromatic N) is 2. The summed E-state index contributed by atoms with van der Waals surface area (Å²) in [6, 6.07) is 28.3. The van der Waals surface area contributed by atoms with Gasteiger partial charge in [0.15, 0.2) is 0 Å². The van der Waals surface area contributed by atoms with Crippen molar-refractivity contribution in [3.63, 3.8) is 0 Å². The number of carbonyl (C=O) groups excluding carboxylic acids is 1. The third-order valence-electron chi connectivity index (χ3n) is 4.96. The van der Waals surface area contributed by atoms with E-state index in [4.69, 9.17) is 4.99 Å². The van der Waals surface area contributed by atoms with Crippen molar-refractivity contribution in [3.8, 4) is 0 Å². The highest BCUT2D eigenvalue weighted by Crippen LogP contribution is 2.40. The molecule has 1 amide bonds. The van der Waals surface area contributed by atoms with Crippen molar-refractivity contribution in [3.05, 3.63) is 96.1 Å². The van der Waals surface area contributed by atoms with Crippen LogP contribution in [0.15, 0.2) is 89.9 Å².